The van der Waals surface area contributed by atoms with E-state index in [9.17, 15) is 18.0 Å². The van der Waals surface area contributed by atoms with E-state index in [1.165, 1.54) is 11.8 Å². The van der Waals surface area contributed by atoms with Crippen LogP contribution in [0.5, 0.6) is 0 Å². The van der Waals surface area contributed by atoms with Crippen LogP contribution < -0.4 is 5.32 Å². The zero-order chi connectivity index (χ0) is 15.3. The Morgan fingerprint density at radius 2 is 2.25 bits per heavy atom. The third-order valence-corrected chi connectivity index (χ3v) is 3.97. The van der Waals surface area contributed by atoms with E-state index < -0.39 is 17.9 Å². The van der Waals surface area contributed by atoms with Crippen LogP contribution in [0.25, 0.3) is 0 Å². The maximum absolute atomic E-state index is 12.1. The number of aromatic nitrogens is 1. The fraction of sp³-hybridized carbons (Fsp3) is 0.300. The monoisotopic (exact) mass is 325 g/mol. The van der Waals surface area contributed by atoms with Crippen LogP contribution in [-0.4, -0.2) is 33.7 Å². The molecule has 0 amide bonds. The number of nitrogens with zero attached hydrogens (tertiary/aromatic N) is 1. The quantitative estimate of drug-likeness (QED) is 0.551. The maximum Gasteiger partial charge on any atom is 0.432 e. The van der Waals surface area contributed by atoms with Crippen molar-refractivity contribution in [3.63, 3.8) is 0 Å². The molecule has 1 rings (SSSR count). The van der Waals surface area contributed by atoms with E-state index in [0.717, 1.165) is 17.5 Å². The lowest BCUT2D eigenvalue weighted by Crippen LogP contribution is -2.19. The van der Waals surface area contributed by atoms with Gasteiger partial charge >= 0.3 is 12.1 Å². The van der Waals surface area contributed by atoms with E-state index in [4.69, 9.17) is 10.5 Å². The highest BCUT2D eigenvalue weighted by Crippen LogP contribution is 2.32. The Balaban J connectivity index is 2.79. The largest absolute Gasteiger partial charge is 0.476 e. The first-order valence-corrected chi connectivity index (χ1v) is 7.01. The maximum atomic E-state index is 12.1. The first-order chi connectivity index (χ1) is 9.25. The molecule has 0 aliphatic heterocycles. The van der Waals surface area contributed by atoms with E-state index in [2.05, 4.69) is 10.3 Å². The predicted octanol–water partition coefficient (Wildman–Crippen LogP) is 3.46. The molecule has 0 bridgehead atoms. The molecule has 0 saturated carbocycles. The molecule has 0 aliphatic rings. The van der Waals surface area contributed by atoms with Crippen molar-refractivity contribution in [2.24, 2.45) is 0 Å². The lowest BCUT2D eigenvalue weighted by Gasteiger charge is -2.02. The number of anilines is 1. The smallest absolute Gasteiger partial charge is 0.432 e. The summed E-state index contributed by atoms with van der Waals surface area (Å²) in [6.07, 6.45) is -3.27. The van der Waals surface area contributed by atoms with Crippen molar-refractivity contribution >= 4 is 39.9 Å². The Kier molecular flexibility index (Phi) is 5.57. The number of thioether (sulfide) groups is 1. The minimum atomic E-state index is -4.71. The van der Waals surface area contributed by atoms with E-state index in [1.807, 2.05) is 6.92 Å². The van der Waals surface area contributed by atoms with Gasteiger partial charge in [0.25, 0.3) is 0 Å². The summed E-state index contributed by atoms with van der Waals surface area (Å²) in [5, 5.41) is 18.2. The molecule has 0 atom stereocenters. The highest BCUT2D eigenvalue weighted by molar-refractivity contribution is 8.01. The van der Waals surface area contributed by atoms with Crippen molar-refractivity contribution in [2.45, 2.75) is 17.3 Å². The summed E-state index contributed by atoms with van der Waals surface area (Å²) in [6, 6.07) is 0. The van der Waals surface area contributed by atoms with E-state index in [-0.39, 0.29) is 10.8 Å². The molecule has 0 spiro atoms. The third-order valence-electron chi connectivity index (χ3n) is 1.84. The van der Waals surface area contributed by atoms with Gasteiger partial charge in [0.05, 0.1) is 4.21 Å². The van der Waals surface area contributed by atoms with Crippen LogP contribution in [0.1, 0.15) is 17.4 Å². The summed E-state index contributed by atoms with van der Waals surface area (Å²) in [5.41, 5.74) is -1.65. The van der Waals surface area contributed by atoms with Crippen LogP contribution in [0.3, 0.4) is 0 Å². The first-order valence-electron chi connectivity index (χ1n) is 5.21. The third kappa shape index (κ3) is 4.53. The average Bonchev–Trinajstić information content (AvgIpc) is 2.71. The molecule has 0 aromatic carbocycles. The second-order valence-electron chi connectivity index (χ2n) is 3.28. The number of aromatic carboxylic acids is 1. The molecule has 1 aromatic heterocycles. The van der Waals surface area contributed by atoms with Crippen LogP contribution in [0, 0.1) is 5.41 Å². The topological polar surface area (TPSA) is 86.1 Å². The molecule has 1 aromatic rings. The van der Waals surface area contributed by atoms with Gasteiger partial charge < -0.3 is 10.4 Å². The van der Waals surface area contributed by atoms with Crippen LogP contribution in [-0.2, 0) is 0 Å². The molecule has 0 saturated heterocycles. The number of carboxylic acids is 1. The van der Waals surface area contributed by atoms with Crippen molar-refractivity contribution in [1.82, 2.24) is 4.98 Å². The minimum absolute atomic E-state index is 0.136. The van der Waals surface area contributed by atoms with Gasteiger partial charge in [0.2, 0.25) is 0 Å². The molecule has 3 N–H and O–H groups in total. The number of allylic oxidation sites excluding steroid dienone is 1. The second kappa shape index (κ2) is 6.75. The van der Waals surface area contributed by atoms with E-state index in [0.29, 0.717) is 16.0 Å². The molecular weight excluding hydrogens is 315 g/mol. The van der Waals surface area contributed by atoms with Gasteiger partial charge in [-0.15, -0.1) is 11.8 Å². The molecule has 5 nitrogen and oxygen atoms in total. The normalized spacial score (nSPS) is 11.8. The molecule has 20 heavy (non-hydrogen) atoms. The van der Waals surface area contributed by atoms with Gasteiger partial charge in [0.15, 0.2) is 10.8 Å². The van der Waals surface area contributed by atoms with Gasteiger partial charge in [-0.3, -0.25) is 5.41 Å². The molecule has 10 heteroatoms. The van der Waals surface area contributed by atoms with Gasteiger partial charge in [-0.2, -0.15) is 13.2 Å². The number of hydrogen-bond acceptors (Lipinski definition) is 6. The van der Waals surface area contributed by atoms with Gasteiger partial charge in [-0.25, -0.2) is 9.78 Å². The Morgan fingerprint density at radius 3 is 2.75 bits per heavy atom. The zero-order valence-corrected chi connectivity index (χ0v) is 11.7. The van der Waals surface area contributed by atoms with E-state index >= 15 is 0 Å². The number of carbonyl (C=O) groups is 1. The first kappa shape index (κ1) is 16.5. The van der Waals surface area contributed by atoms with Crippen LogP contribution in [0.2, 0.25) is 0 Å². The zero-order valence-electron chi connectivity index (χ0n) is 10.1. The fourth-order valence-corrected chi connectivity index (χ4v) is 3.05. The van der Waals surface area contributed by atoms with Crippen LogP contribution >= 0.6 is 23.1 Å². The Labute approximate surface area is 120 Å². The molecule has 0 fully saturated rings. The highest BCUT2D eigenvalue weighted by Gasteiger charge is 2.32. The van der Waals surface area contributed by atoms with Crippen molar-refractivity contribution in [1.29, 1.82) is 5.41 Å². The summed E-state index contributed by atoms with van der Waals surface area (Å²) < 4.78 is 36.6. The lowest BCUT2D eigenvalue weighted by atomic mass is 10.3. The van der Waals surface area contributed by atoms with Crippen LogP contribution in [0.4, 0.5) is 18.3 Å². The SMILES string of the molecule is CCSc1sc(N/C=C\C(=N)C(F)(F)F)nc1C(=O)O. The molecule has 1 heterocycles. The Hall–Kier alpha value is -1.55. The van der Waals surface area contributed by atoms with Gasteiger partial charge in [-0.1, -0.05) is 18.3 Å². The second-order valence-corrected chi connectivity index (χ2v) is 5.81. The summed E-state index contributed by atoms with van der Waals surface area (Å²) >= 11 is 2.31. The van der Waals surface area contributed by atoms with Crippen molar-refractivity contribution in [2.75, 3.05) is 11.1 Å². The average molecular weight is 325 g/mol. The summed E-state index contributed by atoms with van der Waals surface area (Å²) in [6.45, 7) is 1.84. The molecule has 110 valence electrons. The highest BCUT2D eigenvalue weighted by atomic mass is 32.2. The molecule has 0 radical (unpaired) electrons. The molecule has 0 aliphatic carbocycles. The van der Waals surface area contributed by atoms with Crippen LogP contribution in [0.15, 0.2) is 16.5 Å². The van der Waals surface area contributed by atoms with Crippen molar-refractivity contribution < 1.29 is 23.1 Å². The number of alkyl halides is 3. The number of thiazole rings is 1. The van der Waals surface area contributed by atoms with Gasteiger partial charge in [0.1, 0.15) is 5.71 Å². The minimum Gasteiger partial charge on any atom is -0.476 e. The van der Waals surface area contributed by atoms with Crippen molar-refractivity contribution in [3.05, 3.63) is 18.0 Å². The number of nitrogens with one attached hydrogen (secondary N) is 2. The summed E-state index contributed by atoms with van der Waals surface area (Å²) in [4.78, 5) is 14.7. The number of halogens is 3. The summed E-state index contributed by atoms with van der Waals surface area (Å²) in [5.74, 6) is -0.548. The Morgan fingerprint density at radius 1 is 1.60 bits per heavy atom. The summed E-state index contributed by atoms with van der Waals surface area (Å²) in [7, 11) is 0. The fourth-order valence-electron chi connectivity index (χ4n) is 1.02. The molecular formula is C10H10F3N3O2S2. The van der Waals surface area contributed by atoms with Crippen molar-refractivity contribution in [3.8, 4) is 0 Å². The van der Waals surface area contributed by atoms with Gasteiger partial charge in [0, 0.05) is 6.20 Å². The standard InChI is InChI=1S/C10H10F3N3O2S2/c1-2-19-8-6(7(17)18)16-9(20-8)15-4-3-5(14)10(11,12)13/h3-4,14H,2H2,1H3,(H,15,16)(H,17,18)/b4-3-,14-5?. The molecule has 0 unspecified atom stereocenters. The Bertz CT molecular complexity index is 540. The van der Waals surface area contributed by atoms with Gasteiger partial charge in [-0.05, 0) is 11.8 Å². The number of hydrogen-bond donors (Lipinski definition) is 3. The number of carboxylic acid groups (broad SMARTS) is 1. The number of rotatable bonds is 6. The lowest BCUT2D eigenvalue weighted by molar-refractivity contribution is -0.0584. The van der Waals surface area contributed by atoms with E-state index in [1.54, 1.807) is 0 Å². The predicted molar refractivity (Wildman–Crippen MR) is 72.0 cm³/mol.